The van der Waals surface area contributed by atoms with E-state index in [1.807, 2.05) is 30.3 Å². The lowest BCUT2D eigenvalue weighted by molar-refractivity contribution is -0.130. The molecule has 0 saturated heterocycles. The molecule has 1 aromatic heterocycles. The number of imidazole rings is 1. The predicted molar refractivity (Wildman–Crippen MR) is 69.8 cm³/mol. The third-order valence-electron chi connectivity index (χ3n) is 2.84. The van der Waals surface area contributed by atoms with Crippen LogP contribution in [0.1, 0.15) is 17.8 Å². The Morgan fingerprint density at radius 3 is 2.78 bits per heavy atom. The molecule has 0 unspecified atom stereocenters. The van der Waals surface area contributed by atoms with E-state index in [9.17, 15) is 4.79 Å². The minimum absolute atomic E-state index is 0.134. The van der Waals surface area contributed by atoms with E-state index in [0.717, 1.165) is 12.2 Å². The van der Waals surface area contributed by atoms with Gasteiger partial charge in [0.1, 0.15) is 5.82 Å². The van der Waals surface area contributed by atoms with E-state index in [-0.39, 0.29) is 5.91 Å². The molecule has 18 heavy (non-hydrogen) atoms. The summed E-state index contributed by atoms with van der Waals surface area (Å²) in [7, 11) is 1.80. The molecule has 1 amide bonds. The third kappa shape index (κ3) is 3.45. The number of carbonyl (C=O) groups excluding carboxylic acids is 1. The molecular formula is C14H17N3O. The largest absolute Gasteiger partial charge is 0.347 e. The highest BCUT2D eigenvalue weighted by molar-refractivity contribution is 5.76. The molecule has 4 nitrogen and oxygen atoms in total. The number of amides is 1. The molecule has 2 rings (SSSR count). The SMILES string of the molecule is CN(Cc1ncc[nH]1)C(=O)CCc1ccccc1. The molecule has 0 aliphatic carbocycles. The van der Waals surface area contributed by atoms with Crippen LogP contribution in [0.3, 0.4) is 0 Å². The first-order valence-electron chi connectivity index (χ1n) is 6.02. The standard InChI is InChI=1S/C14H17N3O/c1-17(11-13-15-9-10-16-13)14(18)8-7-12-5-3-2-4-6-12/h2-6,9-10H,7-8,11H2,1H3,(H,15,16). The van der Waals surface area contributed by atoms with E-state index in [1.54, 1.807) is 24.3 Å². The van der Waals surface area contributed by atoms with Crippen molar-refractivity contribution in [1.29, 1.82) is 0 Å². The second kappa shape index (κ2) is 6.00. The topological polar surface area (TPSA) is 49.0 Å². The zero-order valence-electron chi connectivity index (χ0n) is 10.5. The second-order valence-corrected chi connectivity index (χ2v) is 4.27. The Kier molecular flexibility index (Phi) is 4.12. The van der Waals surface area contributed by atoms with E-state index in [1.165, 1.54) is 5.56 Å². The molecule has 0 bridgehead atoms. The number of aryl methyl sites for hydroxylation is 1. The van der Waals surface area contributed by atoms with Crippen LogP contribution >= 0.6 is 0 Å². The molecule has 0 aliphatic rings. The second-order valence-electron chi connectivity index (χ2n) is 4.27. The zero-order chi connectivity index (χ0) is 12.8. The molecule has 0 saturated carbocycles. The van der Waals surface area contributed by atoms with E-state index < -0.39 is 0 Å². The number of hydrogen-bond donors (Lipinski definition) is 1. The average molecular weight is 243 g/mol. The van der Waals surface area contributed by atoms with Gasteiger partial charge in [0.25, 0.3) is 0 Å². The van der Waals surface area contributed by atoms with Crippen LogP contribution in [-0.2, 0) is 17.8 Å². The van der Waals surface area contributed by atoms with E-state index in [0.29, 0.717) is 13.0 Å². The molecule has 1 heterocycles. The lowest BCUT2D eigenvalue weighted by Gasteiger charge is -2.15. The van der Waals surface area contributed by atoms with Crippen LogP contribution in [-0.4, -0.2) is 27.8 Å². The maximum atomic E-state index is 11.9. The van der Waals surface area contributed by atoms with Crippen molar-refractivity contribution >= 4 is 5.91 Å². The number of nitrogens with zero attached hydrogens (tertiary/aromatic N) is 2. The normalized spacial score (nSPS) is 10.3. The quantitative estimate of drug-likeness (QED) is 0.873. The van der Waals surface area contributed by atoms with Crippen LogP contribution < -0.4 is 0 Å². The number of aromatic nitrogens is 2. The molecule has 0 aliphatic heterocycles. The summed E-state index contributed by atoms with van der Waals surface area (Å²) in [5.74, 6) is 0.945. The Labute approximate surface area is 107 Å². The summed E-state index contributed by atoms with van der Waals surface area (Å²) in [4.78, 5) is 20.7. The molecule has 0 spiro atoms. The smallest absolute Gasteiger partial charge is 0.223 e. The number of aromatic amines is 1. The first-order valence-corrected chi connectivity index (χ1v) is 6.02. The number of benzene rings is 1. The van der Waals surface area contributed by atoms with Gasteiger partial charge in [0.05, 0.1) is 6.54 Å². The Hall–Kier alpha value is -2.10. The van der Waals surface area contributed by atoms with Crippen molar-refractivity contribution in [1.82, 2.24) is 14.9 Å². The van der Waals surface area contributed by atoms with Crippen LogP contribution in [0.5, 0.6) is 0 Å². The van der Waals surface area contributed by atoms with E-state index >= 15 is 0 Å². The Morgan fingerprint density at radius 1 is 1.33 bits per heavy atom. The molecule has 0 fully saturated rings. The summed E-state index contributed by atoms with van der Waals surface area (Å²) in [6, 6.07) is 10.0. The van der Waals surface area contributed by atoms with Crippen molar-refractivity contribution in [3.63, 3.8) is 0 Å². The third-order valence-corrected chi connectivity index (χ3v) is 2.84. The number of hydrogen-bond acceptors (Lipinski definition) is 2. The molecule has 0 radical (unpaired) electrons. The number of nitrogens with one attached hydrogen (secondary N) is 1. The Bertz CT molecular complexity index is 479. The van der Waals surface area contributed by atoms with Gasteiger partial charge < -0.3 is 9.88 Å². The van der Waals surface area contributed by atoms with Gasteiger partial charge in [0, 0.05) is 25.9 Å². The van der Waals surface area contributed by atoms with Crippen molar-refractivity contribution in [2.75, 3.05) is 7.05 Å². The fourth-order valence-corrected chi connectivity index (χ4v) is 1.78. The molecule has 4 heteroatoms. The average Bonchev–Trinajstić information content (AvgIpc) is 2.90. The van der Waals surface area contributed by atoms with E-state index in [2.05, 4.69) is 9.97 Å². The number of carbonyl (C=O) groups is 1. The highest BCUT2D eigenvalue weighted by atomic mass is 16.2. The summed E-state index contributed by atoms with van der Waals surface area (Å²) >= 11 is 0. The van der Waals surface area contributed by atoms with Gasteiger partial charge in [-0.15, -0.1) is 0 Å². The summed E-state index contributed by atoms with van der Waals surface area (Å²) < 4.78 is 0. The van der Waals surface area contributed by atoms with Gasteiger partial charge in [-0.3, -0.25) is 4.79 Å². The lowest BCUT2D eigenvalue weighted by Crippen LogP contribution is -2.26. The van der Waals surface area contributed by atoms with Gasteiger partial charge in [0.15, 0.2) is 0 Å². The van der Waals surface area contributed by atoms with Gasteiger partial charge >= 0.3 is 0 Å². The maximum absolute atomic E-state index is 11.9. The van der Waals surface area contributed by atoms with Gasteiger partial charge in [-0.05, 0) is 12.0 Å². The summed E-state index contributed by atoms with van der Waals surface area (Å²) in [5, 5.41) is 0. The van der Waals surface area contributed by atoms with Gasteiger partial charge in [-0.2, -0.15) is 0 Å². The summed E-state index contributed by atoms with van der Waals surface area (Å²) in [6.07, 6.45) is 4.76. The molecule has 1 N–H and O–H groups in total. The lowest BCUT2D eigenvalue weighted by atomic mass is 10.1. The fraction of sp³-hybridized carbons (Fsp3) is 0.286. The highest BCUT2D eigenvalue weighted by Gasteiger charge is 2.10. The number of rotatable bonds is 5. The van der Waals surface area contributed by atoms with Crippen molar-refractivity contribution in [3.8, 4) is 0 Å². The van der Waals surface area contributed by atoms with Gasteiger partial charge in [-0.1, -0.05) is 30.3 Å². The monoisotopic (exact) mass is 243 g/mol. The molecule has 0 atom stereocenters. The number of H-pyrrole nitrogens is 1. The summed E-state index contributed by atoms with van der Waals surface area (Å²) in [6.45, 7) is 0.528. The van der Waals surface area contributed by atoms with Gasteiger partial charge in [-0.25, -0.2) is 4.98 Å². The van der Waals surface area contributed by atoms with Crippen LogP contribution in [0.4, 0.5) is 0 Å². The molecule has 2 aromatic rings. The van der Waals surface area contributed by atoms with E-state index in [4.69, 9.17) is 0 Å². The molecular weight excluding hydrogens is 226 g/mol. The minimum Gasteiger partial charge on any atom is -0.347 e. The van der Waals surface area contributed by atoms with Crippen molar-refractivity contribution in [2.45, 2.75) is 19.4 Å². The highest BCUT2D eigenvalue weighted by Crippen LogP contribution is 2.05. The first kappa shape index (κ1) is 12.4. The van der Waals surface area contributed by atoms with Crippen LogP contribution in [0, 0.1) is 0 Å². The minimum atomic E-state index is 0.134. The summed E-state index contributed by atoms with van der Waals surface area (Å²) in [5.41, 5.74) is 1.19. The first-order chi connectivity index (χ1) is 8.75. The van der Waals surface area contributed by atoms with Gasteiger partial charge in [0.2, 0.25) is 5.91 Å². The molecule has 94 valence electrons. The fourth-order valence-electron chi connectivity index (χ4n) is 1.78. The zero-order valence-corrected chi connectivity index (χ0v) is 10.5. The Balaban J connectivity index is 1.81. The van der Waals surface area contributed by atoms with Crippen LogP contribution in [0.2, 0.25) is 0 Å². The van der Waals surface area contributed by atoms with Crippen molar-refractivity contribution in [3.05, 3.63) is 54.1 Å². The predicted octanol–water partition coefficient (Wildman–Crippen LogP) is 2.00. The van der Waals surface area contributed by atoms with Crippen molar-refractivity contribution in [2.24, 2.45) is 0 Å². The Morgan fingerprint density at radius 2 is 2.11 bits per heavy atom. The van der Waals surface area contributed by atoms with Crippen molar-refractivity contribution < 1.29 is 4.79 Å². The van der Waals surface area contributed by atoms with Crippen LogP contribution in [0.25, 0.3) is 0 Å². The maximum Gasteiger partial charge on any atom is 0.223 e. The van der Waals surface area contributed by atoms with Crippen LogP contribution in [0.15, 0.2) is 42.7 Å². The molecule has 1 aromatic carbocycles.